The van der Waals surface area contributed by atoms with Crippen LogP contribution in [0.15, 0.2) is 48.5 Å². The first-order valence-corrected chi connectivity index (χ1v) is 10.0. The van der Waals surface area contributed by atoms with Gasteiger partial charge in [-0.3, -0.25) is 9.59 Å². The van der Waals surface area contributed by atoms with Gasteiger partial charge >= 0.3 is 0 Å². The van der Waals surface area contributed by atoms with Gasteiger partial charge in [0, 0.05) is 31.0 Å². The lowest BCUT2D eigenvalue weighted by Gasteiger charge is -2.28. The zero-order chi connectivity index (χ0) is 21.3. The quantitative estimate of drug-likeness (QED) is 0.585. The molecule has 1 atom stereocenters. The molecular weight excluding hydrogens is 387 g/mol. The number of rotatable bonds is 8. The van der Waals surface area contributed by atoms with Crippen LogP contribution in [0.3, 0.4) is 0 Å². The van der Waals surface area contributed by atoms with Gasteiger partial charge in [0.1, 0.15) is 5.82 Å². The van der Waals surface area contributed by atoms with Crippen LogP contribution < -0.4 is 20.4 Å². The first kappa shape index (κ1) is 21.7. The minimum absolute atomic E-state index is 0.155. The number of benzene rings is 2. The number of carbonyl (C=O) groups excluding carboxylic acids is 2. The van der Waals surface area contributed by atoms with Crippen molar-refractivity contribution in [3.8, 4) is 0 Å². The van der Waals surface area contributed by atoms with Crippen LogP contribution in [0.5, 0.6) is 0 Å². The molecule has 0 aliphatic carbocycles. The molecule has 2 aromatic carbocycles. The Kier molecular flexibility index (Phi) is 7.75. The highest BCUT2D eigenvalue weighted by molar-refractivity contribution is 5.91. The van der Waals surface area contributed by atoms with Crippen LogP contribution in [0.4, 0.5) is 15.8 Å². The fourth-order valence-corrected chi connectivity index (χ4v) is 3.26. The Balaban J connectivity index is 1.39. The number of ether oxygens (including phenoxy) is 1. The fraction of sp³-hybridized carbons (Fsp3) is 0.364. The number of morpholine rings is 1. The number of amides is 2. The number of hydrogen-bond acceptors (Lipinski definition) is 4. The molecule has 1 aliphatic rings. The van der Waals surface area contributed by atoms with Crippen molar-refractivity contribution < 1.29 is 23.6 Å². The lowest BCUT2D eigenvalue weighted by molar-refractivity contribution is -0.862. The Bertz CT molecular complexity index is 836. The number of nitrogens with zero attached hydrogens (tertiary/aromatic N) is 1. The first-order chi connectivity index (χ1) is 14.5. The molecule has 0 radical (unpaired) electrons. The Hall–Kier alpha value is -2.97. The summed E-state index contributed by atoms with van der Waals surface area (Å²) in [5, 5.41) is 5.65. The Morgan fingerprint density at radius 1 is 1.00 bits per heavy atom. The molecule has 2 aromatic rings. The van der Waals surface area contributed by atoms with Gasteiger partial charge < -0.3 is 25.2 Å². The van der Waals surface area contributed by atoms with Gasteiger partial charge in [-0.15, -0.1) is 0 Å². The first-order valence-electron chi connectivity index (χ1n) is 10.0. The summed E-state index contributed by atoms with van der Waals surface area (Å²) in [6.07, 6.45) is 0. The largest absolute Gasteiger partial charge is 0.378 e. The minimum Gasteiger partial charge on any atom is -0.378 e. The van der Waals surface area contributed by atoms with Crippen LogP contribution >= 0.6 is 0 Å². The van der Waals surface area contributed by atoms with Crippen molar-refractivity contribution in [3.05, 3.63) is 59.9 Å². The number of nitrogens with one attached hydrogen (secondary N) is 3. The smallest absolute Gasteiger partial charge is 0.279 e. The van der Waals surface area contributed by atoms with Crippen LogP contribution in [-0.4, -0.2) is 58.3 Å². The number of hydrogen-bond donors (Lipinski definition) is 3. The van der Waals surface area contributed by atoms with Gasteiger partial charge in [0.25, 0.3) is 11.8 Å². The molecule has 3 N–H and O–H groups in total. The third kappa shape index (κ3) is 6.82. The molecule has 0 spiro atoms. The van der Waals surface area contributed by atoms with E-state index in [1.165, 1.54) is 12.1 Å². The van der Waals surface area contributed by atoms with E-state index in [0.29, 0.717) is 6.54 Å². The van der Waals surface area contributed by atoms with Crippen molar-refractivity contribution in [2.75, 3.05) is 56.7 Å². The molecule has 1 saturated heterocycles. The third-order valence-electron chi connectivity index (χ3n) is 4.85. The molecule has 1 heterocycles. The maximum absolute atomic E-state index is 12.9. The summed E-state index contributed by atoms with van der Waals surface area (Å²) in [5.74, 6) is -0.631. The van der Waals surface area contributed by atoms with Crippen molar-refractivity contribution in [1.29, 1.82) is 0 Å². The zero-order valence-electron chi connectivity index (χ0n) is 17.1. The molecule has 0 bridgehead atoms. The SMILES string of the molecule is C[NH+](CC(=O)NCc1ccc(F)cc1)CC(=O)Nc1ccc(N2CCOCC2)cc1. The van der Waals surface area contributed by atoms with Gasteiger partial charge in [-0.25, -0.2) is 4.39 Å². The summed E-state index contributed by atoms with van der Waals surface area (Å²) in [6.45, 7) is 3.86. The number of anilines is 2. The second-order valence-corrected chi connectivity index (χ2v) is 7.41. The molecular formula is C22H28FN4O3+. The van der Waals surface area contributed by atoms with E-state index in [-0.39, 0.29) is 30.7 Å². The van der Waals surface area contributed by atoms with Crippen molar-refractivity contribution >= 4 is 23.2 Å². The van der Waals surface area contributed by atoms with E-state index in [1.807, 2.05) is 24.3 Å². The molecule has 2 amide bonds. The van der Waals surface area contributed by atoms with E-state index in [0.717, 1.165) is 48.1 Å². The second kappa shape index (κ2) is 10.7. The molecule has 8 heteroatoms. The van der Waals surface area contributed by atoms with E-state index < -0.39 is 0 Å². The normalized spacial score (nSPS) is 14.8. The van der Waals surface area contributed by atoms with Crippen molar-refractivity contribution in [3.63, 3.8) is 0 Å². The fourth-order valence-electron chi connectivity index (χ4n) is 3.26. The van der Waals surface area contributed by atoms with Crippen LogP contribution in [-0.2, 0) is 20.9 Å². The Morgan fingerprint density at radius 3 is 2.30 bits per heavy atom. The summed E-state index contributed by atoms with van der Waals surface area (Å²) >= 11 is 0. The summed E-state index contributed by atoms with van der Waals surface area (Å²) in [4.78, 5) is 27.4. The molecule has 0 aromatic heterocycles. The van der Waals surface area contributed by atoms with E-state index in [1.54, 1.807) is 19.2 Å². The lowest BCUT2D eigenvalue weighted by atomic mass is 10.2. The second-order valence-electron chi connectivity index (χ2n) is 7.41. The standard InChI is InChI=1S/C22H27FN4O3/c1-26(15-21(28)24-14-17-2-4-18(23)5-3-17)16-22(29)25-19-6-8-20(9-7-19)27-10-12-30-13-11-27/h2-9H,10-16H2,1H3,(H,24,28)(H,25,29)/p+1. The molecule has 3 rings (SSSR count). The minimum atomic E-state index is -0.309. The van der Waals surface area contributed by atoms with Crippen LogP contribution in [0.25, 0.3) is 0 Å². The highest BCUT2D eigenvalue weighted by Crippen LogP contribution is 2.18. The molecule has 160 valence electrons. The predicted molar refractivity (Wildman–Crippen MR) is 113 cm³/mol. The number of quaternary nitrogens is 1. The van der Waals surface area contributed by atoms with Gasteiger partial charge in [0.15, 0.2) is 13.1 Å². The molecule has 1 aliphatic heterocycles. The van der Waals surface area contributed by atoms with Gasteiger partial charge in [-0.1, -0.05) is 12.1 Å². The Labute approximate surface area is 175 Å². The zero-order valence-corrected chi connectivity index (χ0v) is 17.1. The van der Waals surface area contributed by atoms with Crippen molar-refractivity contribution in [2.24, 2.45) is 0 Å². The number of carbonyl (C=O) groups is 2. The highest BCUT2D eigenvalue weighted by atomic mass is 19.1. The van der Waals surface area contributed by atoms with Crippen molar-refractivity contribution in [2.45, 2.75) is 6.54 Å². The van der Waals surface area contributed by atoms with Crippen LogP contribution in [0.1, 0.15) is 5.56 Å². The number of halogens is 1. The summed E-state index contributed by atoms with van der Waals surface area (Å²) < 4.78 is 18.3. The summed E-state index contributed by atoms with van der Waals surface area (Å²) in [7, 11) is 1.79. The predicted octanol–water partition coefficient (Wildman–Crippen LogP) is 0.432. The van der Waals surface area contributed by atoms with Crippen LogP contribution in [0, 0.1) is 5.82 Å². The van der Waals surface area contributed by atoms with E-state index in [4.69, 9.17) is 4.74 Å². The molecule has 1 unspecified atom stereocenters. The highest BCUT2D eigenvalue weighted by Gasteiger charge is 2.15. The van der Waals surface area contributed by atoms with Gasteiger partial charge in [-0.05, 0) is 42.0 Å². The monoisotopic (exact) mass is 415 g/mol. The van der Waals surface area contributed by atoms with E-state index in [2.05, 4.69) is 15.5 Å². The van der Waals surface area contributed by atoms with E-state index in [9.17, 15) is 14.0 Å². The van der Waals surface area contributed by atoms with Crippen LogP contribution in [0.2, 0.25) is 0 Å². The average molecular weight is 415 g/mol. The molecule has 1 fully saturated rings. The van der Waals surface area contributed by atoms with Gasteiger partial charge in [-0.2, -0.15) is 0 Å². The Morgan fingerprint density at radius 2 is 1.63 bits per heavy atom. The molecule has 30 heavy (non-hydrogen) atoms. The van der Waals surface area contributed by atoms with Crippen molar-refractivity contribution in [1.82, 2.24) is 5.32 Å². The average Bonchev–Trinajstić information content (AvgIpc) is 2.74. The number of likely N-dealkylation sites (N-methyl/N-ethyl adjacent to an activating group) is 1. The van der Waals surface area contributed by atoms with Gasteiger partial charge in [0.05, 0.1) is 20.3 Å². The lowest BCUT2D eigenvalue weighted by Crippen LogP contribution is -3.11. The maximum atomic E-state index is 12.9. The maximum Gasteiger partial charge on any atom is 0.279 e. The summed E-state index contributed by atoms with van der Waals surface area (Å²) in [6, 6.07) is 13.7. The molecule has 0 saturated carbocycles. The molecule has 7 nitrogen and oxygen atoms in total. The van der Waals surface area contributed by atoms with E-state index >= 15 is 0 Å². The summed E-state index contributed by atoms with van der Waals surface area (Å²) in [5.41, 5.74) is 2.66. The van der Waals surface area contributed by atoms with Gasteiger partial charge in [0.2, 0.25) is 0 Å². The third-order valence-corrected chi connectivity index (χ3v) is 4.85. The topological polar surface area (TPSA) is 75.1 Å².